The second-order valence-corrected chi connectivity index (χ2v) is 7.11. The van der Waals surface area contributed by atoms with Crippen molar-refractivity contribution in [1.82, 2.24) is 9.29 Å². The number of piperidine rings is 1. The third kappa shape index (κ3) is 3.72. The first-order chi connectivity index (χ1) is 10.1. The van der Waals surface area contributed by atoms with Gasteiger partial charge in [0.05, 0.1) is 5.69 Å². The molecule has 7 heteroatoms. The molecule has 0 spiro atoms. The Labute approximate surface area is 126 Å². The zero-order chi connectivity index (χ0) is 15.3. The molecule has 1 saturated heterocycles. The van der Waals surface area contributed by atoms with Gasteiger partial charge in [0.15, 0.2) is 0 Å². The normalized spacial score (nSPS) is 17.8. The molecule has 1 aliphatic heterocycles. The highest BCUT2D eigenvalue weighted by Crippen LogP contribution is 2.27. The topological polar surface area (TPSA) is 71.5 Å². The van der Waals surface area contributed by atoms with Crippen molar-refractivity contribution >= 4 is 15.7 Å². The number of rotatable bonds is 6. The fourth-order valence-corrected chi connectivity index (χ4v) is 4.19. The molecular weight excluding hydrogens is 290 g/mol. The van der Waals surface area contributed by atoms with E-state index in [1.54, 1.807) is 23.7 Å². The lowest BCUT2D eigenvalue weighted by molar-refractivity contribution is 0.121. The summed E-state index contributed by atoms with van der Waals surface area (Å²) < 4.78 is 32.2. The van der Waals surface area contributed by atoms with Crippen LogP contribution in [0.5, 0.6) is 0 Å². The molecule has 0 radical (unpaired) electrons. The smallest absolute Gasteiger partial charge is 0.246 e. The predicted octanol–water partition coefficient (Wildman–Crippen LogP) is 1.56. The lowest BCUT2D eigenvalue weighted by Gasteiger charge is -2.31. The first kappa shape index (κ1) is 16.2. The van der Waals surface area contributed by atoms with Crippen molar-refractivity contribution in [3.8, 4) is 0 Å². The van der Waals surface area contributed by atoms with Crippen molar-refractivity contribution in [3.05, 3.63) is 18.5 Å². The first-order valence-corrected chi connectivity index (χ1v) is 8.70. The van der Waals surface area contributed by atoms with Gasteiger partial charge in [-0.15, -0.1) is 0 Å². The van der Waals surface area contributed by atoms with Crippen LogP contribution >= 0.6 is 0 Å². The van der Waals surface area contributed by atoms with Crippen LogP contribution in [0.3, 0.4) is 0 Å². The Hall–Kier alpha value is -1.18. The SMILES string of the molecule is CCNc1ccncc1S(=O)(=O)N1CCC(COC)CC1. The Kier molecular flexibility index (Phi) is 5.55. The van der Waals surface area contributed by atoms with Gasteiger partial charge in [-0.3, -0.25) is 4.98 Å². The van der Waals surface area contributed by atoms with Crippen LogP contribution in [0.1, 0.15) is 19.8 Å². The third-order valence-corrected chi connectivity index (χ3v) is 5.67. The summed E-state index contributed by atoms with van der Waals surface area (Å²) in [5.74, 6) is 0.448. The minimum absolute atomic E-state index is 0.261. The summed E-state index contributed by atoms with van der Waals surface area (Å²) in [5.41, 5.74) is 0.617. The summed E-state index contributed by atoms with van der Waals surface area (Å²) in [5, 5.41) is 3.08. The number of ether oxygens (including phenoxy) is 1. The summed E-state index contributed by atoms with van der Waals surface area (Å²) in [6, 6.07) is 1.70. The monoisotopic (exact) mass is 313 g/mol. The van der Waals surface area contributed by atoms with E-state index in [1.165, 1.54) is 6.20 Å². The van der Waals surface area contributed by atoms with E-state index in [9.17, 15) is 8.42 Å². The van der Waals surface area contributed by atoms with E-state index < -0.39 is 10.0 Å². The molecule has 118 valence electrons. The second kappa shape index (κ2) is 7.20. The van der Waals surface area contributed by atoms with Crippen LogP contribution < -0.4 is 5.32 Å². The average molecular weight is 313 g/mol. The van der Waals surface area contributed by atoms with Gasteiger partial charge in [-0.25, -0.2) is 8.42 Å². The second-order valence-electron chi connectivity index (χ2n) is 5.20. The van der Waals surface area contributed by atoms with Crippen molar-refractivity contribution in [2.45, 2.75) is 24.7 Å². The van der Waals surface area contributed by atoms with E-state index in [1.807, 2.05) is 6.92 Å². The van der Waals surface area contributed by atoms with Crippen LogP contribution in [0.25, 0.3) is 0 Å². The van der Waals surface area contributed by atoms with Gasteiger partial charge in [-0.2, -0.15) is 4.31 Å². The third-order valence-electron chi connectivity index (χ3n) is 3.75. The molecule has 0 aliphatic carbocycles. The summed E-state index contributed by atoms with van der Waals surface area (Å²) in [6.07, 6.45) is 4.70. The zero-order valence-corrected chi connectivity index (χ0v) is 13.4. The molecule has 21 heavy (non-hydrogen) atoms. The van der Waals surface area contributed by atoms with E-state index in [0.717, 1.165) is 12.8 Å². The largest absolute Gasteiger partial charge is 0.384 e. The molecular formula is C14H23N3O3S. The van der Waals surface area contributed by atoms with E-state index in [2.05, 4.69) is 10.3 Å². The highest BCUT2D eigenvalue weighted by atomic mass is 32.2. The highest BCUT2D eigenvalue weighted by Gasteiger charge is 2.31. The quantitative estimate of drug-likeness (QED) is 0.863. The average Bonchev–Trinajstić information content (AvgIpc) is 2.49. The van der Waals surface area contributed by atoms with Crippen molar-refractivity contribution in [1.29, 1.82) is 0 Å². The Morgan fingerprint density at radius 1 is 1.43 bits per heavy atom. The van der Waals surface area contributed by atoms with Gasteiger partial charge in [-0.05, 0) is 31.7 Å². The number of hydrogen-bond donors (Lipinski definition) is 1. The Morgan fingerprint density at radius 3 is 2.76 bits per heavy atom. The van der Waals surface area contributed by atoms with Gasteiger partial charge in [0.25, 0.3) is 0 Å². The fraction of sp³-hybridized carbons (Fsp3) is 0.643. The molecule has 1 N–H and O–H groups in total. The van der Waals surface area contributed by atoms with Crippen LogP contribution in [0.2, 0.25) is 0 Å². The predicted molar refractivity (Wildman–Crippen MR) is 81.8 cm³/mol. The van der Waals surface area contributed by atoms with Gasteiger partial charge in [-0.1, -0.05) is 0 Å². The van der Waals surface area contributed by atoms with Gasteiger partial charge >= 0.3 is 0 Å². The summed E-state index contributed by atoms with van der Waals surface area (Å²) in [6.45, 7) is 4.38. The van der Waals surface area contributed by atoms with E-state index in [-0.39, 0.29) is 4.90 Å². The van der Waals surface area contributed by atoms with Crippen molar-refractivity contribution < 1.29 is 13.2 Å². The van der Waals surface area contributed by atoms with Crippen LogP contribution in [-0.2, 0) is 14.8 Å². The molecule has 0 saturated carbocycles. The van der Waals surface area contributed by atoms with Gasteiger partial charge in [0.1, 0.15) is 4.90 Å². The molecule has 0 atom stereocenters. The molecule has 1 aliphatic rings. The summed E-state index contributed by atoms with van der Waals surface area (Å²) in [7, 11) is -1.80. The summed E-state index contributed by atoms with van der Waals surface area (Å²) >= 11 is 0. The minimum Gasteiger partial charge on any atom is -0.384 e. The van der Waals surface area contributed by atoms with Gasteiger partial charge in [0, 0.05) is 45.7 Å². The molecule has 1 fully saturated rings. The minimum atomic E-state index is -3.49. The number of aromatic nitrogens is 1. The maximum Gasteiger partial charge on any atom is 0.246 e. The standard InChI is InChI=1S/C14H23N3O3S/c1-3-16-13-4-7-15-10-14(13)21(18,19)17-8-5-12(6-9-17)11-20-2/h4,7,10,12H,3,5-6,8-9,11H2,1-2H3,(H,15,16). The molecule has 2 rings (SSSR count). The summed E-state index contributed by atoms with van der Waals surface area (Å²) in [4.78, 5) is 4.23. The highest BCUT2D eigenvalue weighted by molar-refractivity contribution is 7.89. The number of pyridine rings is 1. The first-order valence-electron chi connectivity index (χ1n) is 7.26. The molecule has 6 nitrogen and oxygen atoms in total. The maximum atomic E-state index is 12.8. The van der Waals surface area contributed by atoms with E-state index >= 15 is 0 Å². The van der Waals surface area contributed by atoms with Gasteiger partial charge in [0.2, 0.25) is 10.0 Å². The Morgan fingerprint density at radius 2 is 2.14 bits per heavy atom. The molecule has 0 bridgehead atoms. The zero-order valence-electron chi connectivity index (χ0n) is 12.6. The van der Waals surface area contributed by atoms with Crippen molar-refractivity contribution in [2.24, 2.45) is 5.92 Å². The van der Waals surface area contributed by atoms with Crippen molar-refractivity contribution in [2.75, 3.05) is 38.7 Å². The van der Waals surface area contributed by atoms with E-state index in [0.29, 0.717) is 37.8 Å². The van der Waals surface area contributed by atoms with Crippen LogP contribution in [-0.4, -0.2) is 51.1 Å². The fourth-order valence-electron chi connectivity index (χ4n) is 2.61. The number of methoxy groups -OCH3 is 1. The van der Waals surface area contributed by atoms with Gasteiger partial charge < -0.3 is 10.1 Å². The Bertz CT molecular complexity index is 554. The maximum absolute atomic E-state index is 12.8. The van der Waals surface area contributed by atoms with Crippen LogP contribution in [0, 0.1) is 5.92 Å². The number of nitrogens with one attached hydrogen (secondary N) is 1. The number of sulfonamides is 1. The molecule has 0 amide bonds. The Balaban J connectivity index is 2.16. The molecule has 2 heterocycles. The lowest BCUT2D eigenvalue weighted by atomic mass is 9.99. The molecule has 1 aromatic heterocycles. The number of nitrogens with zero attached hydrogens (tertiary/aromatic N) is 2. The molecule has 1 aromatic rings. The van der Waals surface area contributed by atoms with Crippen LogP contribution in [0.4, 0.5) is 5.69 Å². The molecule has 0 unspecified atom stereocenters. The molecule has 0 aromatic carbocycles. The van der Waals surface area contributed by atoms with Crippen LogP contribution in [0.15, 0.2) is 23.4 Å². The van der Waals surface area contributed by atoms with Crippen molar-refractivity contribution in [3.63, 3.8) is 0 Å². The number of hydrogen-bond acceptors (Lipinski definition) is 5. The van der Waals surface area contributed by atoms with E-state index in [4.69, 9.17) is 4.74 Å². The lowest BCUT2D eigenvalue weighted by Crippen LogP contribution is -2.39. The number of anilines is 1.